The van der Waals surface area contributed by atoms with Gasteiger partial charge in [0.2, 0.25) is 0 Å². The Morgan fingerprint density at radius 3 is 2.35 bits per heavy atom. The molecule has 0 unspecified atom stereocenters. The first kappa shape index (κ1) is 22.6. The normalized spacial score (nSPS) is 10.7. The third-order valence-corrected chi connectivity index (χ3v) is 5.37. The molecule has 3 rings (SSSR count). The molecule has 0 spiro atoms. The SMILES string of the molecule is Cc1ccc(C(=O)NCCCCc2ccccc2)c(CNCCc2ccc(O)cc2)c1. The predicted octanol–water partition coefficient (Wildman–Crippen LogP) is 4.79. The Morgan fingerprint density at radius 1 is 0.839 bits per heavy atom. The average Bonchev–Trinajstić information content (AvgIpc) is 2.78. The summed E-state index contributed by atoms with van der Waals surface area (Å²) < 4.78 is 0. The highest BCUT2D eigenvalue weighted by molar-refractivity contribution is 5.95. The van der Waals surface area contributed by atoms with Crippen LogP contribution in [0.3, 0.4) is 0 Å². The Hall–Kier alpha value is -3.11. The first-order valence-electron chi connectivity index (χ1n) is 11.0. The number of rotatable bonds is 11. The van der Waals surface area contributed by atoms with Crippen molar-refractivity contribution in [1.82, 2.24) is 10.6 Å². The lowest BCUT2D eigenvalue weighted by Gasteiger charge is -2.12. The van der Waals surface area contributed by atoms with Crippen LogP contribution in [-0.4, -0.2) is 24.1 Å². The molecule has 0 saturated carbocycles. The van der Waals surface area contributed by atoms with Gasteiger partial charge in [-0.15, -0.1) is 0 Å². The van der Waals surface area contributed by atoms with Gasteiger partial charge >= 0.3 is 0 Å². The van der Waals surface area contributed by atoms with Gasteiger partial charge in [-0.1, -0.05) is 60.2 Å². The largest absolute Gasteiger partial charge is 0.508 e. The second-order valence-corrected chi connectivity index (χ2v) is 7.95. The van der Waals surface area contributed by atoms with E-state index >= 15 is 0 Å². The molecule has 4 heteroatoms. The first-order chi connectivity index (χ1) is 15.1. The first-order valence-corrected chi connectivity index (χ1v) is 11.0. The van der Waals surface area contributed by atoms with Crippen LogP contribution in [0, 0.1) is 6.92 Å². The summed E-state index contributed by atoms with van der Waals surface area (Å²) in [6.07, 6.45) is 3.93. The van der Waals surface area contributed by atoms with Crippen LogP contribution in [0.5, 0.6) is 5.75 Å². The van der Waals surface area contributed by atoms with E-state index in [2.05, 4.69) is 41.0 Å². The lowest BCUT2D eigenvalue weighted by Crippen LogP contribution is -2.27. The molecule has 0 fully saturated rings. The lowest BCUT2D eigenvalue weighted by atomic mass is 10.0. The van der Waals surface area contributed by atoms with Crippen molar-refractivity contribution in [3.05, 3.63) is 101 Å². The van der Waals surface area contributed by atoms with E-state index in [0.29, 0.717) is 13.1 Å². The molecule has 0 aliphatic rings. The number of aromatic hydroxyl groups is 1. The van der Waals surface area contributed by atoms with Gasteiger partial charge in [0.25, 0.3) is 5.91 Å². The number of hydrogen-bond donors (Lipinski definition) is 3. The molecule has 0 heterocycles. The zero-order valence-electron chi connectivity index (χ0n) is 18.2. The monoisotopic (exact) mass is 416 g/mol. The number of hydrogen-bond acceptors (Lipinski definition) is 3. The van der Waals surface area contributed by atoms with Crippen LogP contribution in [0.4, 0.5) is 0 Å². The number of benzene rings is 3. The zero-order valence-corrected chi connectivity index (χ0v) is 18.2. The van der Waals surface area contributed by atoms with Crippen LogP contribution >= 0.6 is 0 Å². The van der Waals surface area contributed by atoms with Crippen molar-refractivity contribution in [3.63, 3.8) is 0 Å². The molecule has 0 radical (unpaired) electrons. The van der Waals surface area contributed by atoms with Crippen LogP contribution in [0.15, 0.2) is 72.8 Å². The second kappa shape index (κ2) is 11.9. The highest BCUT2D eigenvalue weighted by Crippen LogP contribution is 2.13. The molecule has 0 aromatic heterocycles. The van der Waals surface area contributed by atoms with E-state index in [1.807, 2.05) is 37.3 Å². The van der Waals surface area contributed by atoms with E-state index in [9.17, 15) is 9.90 Å². The molecule has 0 saturated heterocycles. The van der Waals surface area contributed by atoms with Crippen molar-refractivity contribution >= 4 is 5.91 Å². The third-order valence-electron chi connectivity index (χ3n) is 5.37. The molecule has 4 nitrogen and oxygen atoms in total. The molecular weight excluding hydrogens is 384 g/mol. The van der Waals surface area contributed by atoms with Gasteiger partial charge in [0, 0.05) is 18.7 Å². The number of phenols is 1. The number of amides is 1. The number of carbonyl (C=O) groups is 1. The topological polar surface area (TPSA) is 61.4 Å². The van der Waals surface area contributed by atoms with Gasteiger partial charge in [-0.05, 0) is 74.0 Å². The van der Waals surface area contributed by atoms with E-state index in [1.54, 1.807) is 12.1 Å². The fourth-order valence-corrected chi connectivity index (χ4v) is 3.60. The van der Waals surface area contributed by atoms with E-state index in [-0.39, 0.29) is 11.7 Å². The maximum atomic E-state index is 12.7. The summed E-state index contributed by atoms with van der Waals surface area (Å²) in [6.45, 7) is 4.19. The van der Waals surface area contributed by atoms with Gasteiger partial charge in [0.1, 0.15) is 5.75 Å². The number of unbranched alkanes of at least 4 members (excludes halogenated alkanes) is 1. The minimum Gasteiger partial charge on any atom is -0.508 e. The molecule has 3 N–H and O–H groups in total. The molecule has 0 atom stereocenters. The van der Waals surface area contributed by atoms with Crippen LogP contribution in [0.1, 0.15) is 45.5 Å². The molecule has 0 bridgehead atoms. The predicted molar refractivity (Wildman–Crippen MR) is 126 cm³/mol. The van der Waals surface area contributed by atoms with E-state index in [0.717, 1.165) is 48.9 Å². The minimum atomic E-state index is -0.00459. The van der Waals surface area contributed by atoms with E-state index in [4.69, 9.17) is 0 Å². The van der Waals surface area contributed by atoms with Crippen LogP contribution in [0.2, 0.25) is 0 Å². The molecule has 3 aromatic rings. The smallest absolute Gasteiger partial charge is 0.251 e. The van der Waals surface area contributed by atoms with Crippen molar-refractivity contribution in [2.24, 2.45) is 0 Å². The molecule has 0 aliphatic heterocycles. The summed E-state index contributed by atoms with van der Waals surface area (Å²) in [5.74, 6) is 0.280. The Balaban J connectivity index is 1.44. The van der Waals surface area contributed by atoms with Gasteiger partial charge in [-0.3, -0.25) is 4.79 Å². The Bertz CT molecular complexity index is 953. The summed E-state index contributed by atoms with van der Waals surface area (Å²) >= 11 is 0. The summed E-state index contributed by atoms with van der Waals surface area (Å²) in [7, 11) is 0. The van der Waals surface area contributed by atoms with Crippen LogP contribution in [0.25, 0.3) is 0 Å². The maximum Gasteiger partial charge on any atom is 0.251 e. The summed E-state index contributed by atoms with van der Waals surface area (Å²) in [6, 6.07) is 23.7. The van der Waals surface area contributed by atoms with Gasteiger partial charge in [0.15, 0.2) is 0 Å². The number of aryl methyl sites for hydroxylation is 2. The molecule has 0 aliphatic carbocycles. The molecule has 3 aromatic carbocycles. The lowest BCUT2D eigenvalue weighted by molar-refractivity contribution is 0.0952. The van der Waals surface area contributed by atoms with Gasteiger partial charge in [-0.25, -0.2) is 0 Å². The minimum absolute atomic E-state index is 0.00459. The van der Waals surface area contributed by atoms with Crippen molar-refractivity contribution in [1.29, 1.82) is 0 Å². The van der Waals surface area contributed by atoms with Crippen LogP contribution < -0.4 is 10.6 Å². The Labute approximate surface area is 185 Å². The quantitative estimate of drug-likeness (QED) is 0.394. The van der Waals surface area contributed by atoms with E-state index < -0.39 is 0 Å². The van der Waals surface area contributed by atoms with Crippen molar-refractivity contribution < 1.29 is 9.90 Å². The summed E-state index contributed by atoms with van der Waals surface area (Å²) in [5.41, 5.74) is 5.42. The van der Waals surface area contributed by atoms with Gasteiger partial charge in [0.05, 0.1) is 0 Å². The van der Waals surface area contributed by atoms with Gasteiger partial charge < -0.3 is 15.7 Å². The van der Waals surface area contributed by atoms with E-state index in [1.165, 1.54) is 11.1 Å². The van der Waals surface area contributed by atoms with Gasteiger partial charge in [-0.2, -0.15) is 0 Å². The fraction of sp³-hybridized carbons (Fsp3) is 0.296. The Kier molecular flexibility index (Phi) is 8.68. The zero-order chi connectivity index (χ0) is 21.9. The number of nitrogens with one attached hydrogen (secondary N) is 2. The molecule has 162 valence electrons. The molecule has 1 amide bonds. The maximum absolute atomic E-state index is 12.7. The van der Waals surface area contributed by atoms with Crippen molar-refractivity contribution in [2.75, 3.05) is 13.1 Å². The fourth-order valence-electron chi connectivity index (χ4n) is 3.60. The highest BCUT2D eigenvalue weighted by atomic mass is 16.3. The van der Waals surface area contributed by atoms with Crippen molar-refractivity contribution in [3.8, 4) is 5.75 Å². The summed E-state index contributed by atoms with van der Waals surface area (Å²) in [5, 5.41) is 15.9. The highest BCUT2D eigenvalue weighted by Gasteiger charge is 2.11. The van der Waals surface area contributed by atoms with Crippen LogP contribution in [-0.2, 0) is 19.4 Å². The summed E-state index contributed by atoms with van der Waals surface area (Å²) in [4.78, 5) is 12.7. The number of phenolic OH excluding ortho intramolecular Hbond substituents is 1. The van der Waals surface area contributed by atoms with Crippen molar-refractivity contribution in [2.45, 2.75) is 39.2 Å². The second-order valence-electron chi connectivity index (χ2n) is 7.95. The number of carbonyl (C=O) groups excluding carboxylic acids is 1. The Morgan fingerprint density at radius 2 is 1.58 bits per heavy atom. The average molecular weight is 417 g/mol. The standard InChI is InChI=1S/C27H32N2O2/c1-21-10-15-26(27(31)29-17-6-5-9-22-7-3-2-4-8-22)24(19-21)20-28-18-16-23-11-13-25(30)14-12-23/h2-4,7-8,10-15,19,28,30H,5-6,9,16-18,20H2,1H3,(H,29,31). The molecule has 31 heavy (non-hydrogen) atoms. The third kappa shape index (κ3) is 7.58. The molecular formula is C27H32N2O2.